The van der Waals surface area contributed by atoms with Gasteiger partial charge in [0.15, 0.2) is 0 Å². The van der Waals surface area contributed by atoms with Gasteiger partial charge >= 0.3 is 0 Å². The van der Waals surface area contributed by atoms with Crippen molar-refractivity contribution in [3.63, 3.8) is 0 Å². The third-order valence-corrected chi connectivity index (χ3v) is 5.71. The molecular formula is C21H28N4O2. The molecule has 2 aliphatic rings. The number of pyridine rings is 2. The molecule has 4 rings (SSSR count). The minimum absolute atomic E-state index is 0.248. The first-order chi connectivity index (χ1) is 13.2. The van der Waals surface area contributed by atoms with Crippen LogP contribution in [0.3, 0.4) is 0 Å². The molecule has 0 aliphatic carbocycles. The second-order valence-electron chi connectivity index (χ2n) is 7.79. The molecule has 2 aliphatic heterocycles. The van der Waals surface area contributed by atoms with Crippen LogP contribution in [0, 0.1) is 0 Å². The predicted molar refractivity (Wildman–Crippen MR) is 104 cm³/mol. The summed E-state index contributed by atoms with van der Waals surface area (Å²) in [5.41, 5.74) is 2.59. The molecule has 0 aromatic carbocycles. The van der Waals surface area contributed by atoms with Crippen molar-refractivity contribution in [2.45, 2.75) is 44.7 Å². The second kappa shape index (κ2) is 8.23. The fraction of sp³-hybridized carbons (Fsp3) is 0.524. The molecule has 0 radical (unpaired) electrons. The van der Waals surface area contributed by atoms with E-state index in [-0.39, 0.29) is 5.75 Å². The average molecular weight is 368 g/mol. The van der Waals surface area contributed by atoms with E-state index in [4.69, 9.17) is 0 Å². The summed E-state index contributed by atoms with van der Waals surface area (Å²) in [5.74, 6) is 0.942. The van der Waals surface area contributed by atoms with E-state index in [1.165, 1.54) is 25.7 Å². The number of aromatic hydroxyl groups is 2. The Bertz CT molecular complexity index is 769. The van der Waals surface area contributed by atoms with Crippen molar-refractivity contribution < 1.29 is 10.2 Å². The van der Waals surface area contributed by atoms with E-state index in [1.807, 2.05) is 12.3 Å². The fourth-order valence-corrected chi connectivity index (χ4v) is 4.02. The molecule has 2 aromatic rings. The van der Waals surface area contributed by atoms with Crippen molar-refractivity contribution >= 4 is 0 Å². The average Bonchev–Trinajstić information content (AvgIpc) is 2.90. The Kier molecular flexibility index (Phi) is 5.55. The zero-order valence-corrected chi connectivity index (χ0v) is 15.7. The molecule has 2 N–H and O–H groups in total. The molecule has 144 valence electrons. The highest BCUT2D eigenvalue weighted by Crippen LogP contribution is 2.31. The smallest absolute Gasteiger partial charge is 0.138 e. The van der Waals surface area contributed by atoms with Crippen LogP contribution < -0.4 is 0 Å². The third kappa shape index (κ3) is 4.39. The van der Waals surface area contributed by atoms with Crippen molar-refractivity contribution in [2.24, 2.45) is 0 Å². The number of hydrogen-bond acceptors (Lipinski definition) is 6. The minimum Gasteiger partial charge on any atom is -0.506 e. The molecule has 0 bridgehead atoms. The number of hydrogen-bond donors (Lipinski definition) is 2. The maximum Gasteiger partial charge on any atom is 0.138 e. The Morgan fingerprint density at radius 1 is 0.889 bits per heavy atom. The van der Waals surface area contributed by atoms with Crippen molar-refractivity contribution in [3.05, 3.63) is 47.5 Å². The SMILES string of the molecule is Oc1cc(C2CN(Cc3ncccc3O)C2)cnc1CN1CCCCCC1. The summed E-state index contributed by atoms with van der Waals surface area (Å²) in [6.07, 6.45) is 8.72. The summed E-state index contributed by atoms with van der Waals surface area (Å²) in [4.78, 5) is 13.5. The lowest BCUT2D eigenvalue weighted by Gasteiger charge is -2.39. The van der Waals surface area contributed by atoms with E-state index in [0.717, 1.165) is 44.0 Å². The Morgan fingerprint density at radius 3 is 2.30 bits per heavy atom. The summed E-state index contributed by atoms with van der Waals surface area (Å²) < 4.78 is 0. The zero-order valence-electron chi connectivity index (χ0n) is 15.7. The van der Waals surface area contributed by atoms with Gasteiger partial charge in [0, 0.05) is 44.5 Å². The summed E-state index contributed by atoms with van der Waals surface area (Å²) >= 11 is 0. The first kappa shape index (κ1) is 18.2. The second-order valence-corrected chi connectivity index (χ2v) is 7.79. The van der Waals surface area contributed by atoms with Gasteiger partial charge in [0.2, 0.25) is 0 Å². The number of nitrogens with zero attached hydrogens (tertiary/aromatic N) is 4. The third-order valence-electron chi connectivity index (χ3n) is 5.71. The van der Waals surface area contributed by atoms with Gasteiger partial charge in [-0.25, -0.2) is 0 Å². The minimum atomic E-state index is 0.248. The van der Waals surface area contributed by atoms with E-state index in [1.54, 1.807) is 18.3 Å². The Hall–Kier alpha value is -2.18. The quantitative estimate of drug-likeness (QED) is 0.845. The lowest BCUT2D eigenvalue weighted by atomic mass is 9.92. The normalized spacial score (nSPS) is 19.6. The standard InChI is InChI=1S/C21H28N4O2/c26-20-6-5-7-22-18(20)15-25-12-17(13-25)16-10-21(27)19(23-11-16)14-24-8-3-1-2-4-9-24/h5-7,10-11,17,26-27H,1-4,8-9,12-15H2. The molecular weight excluding hydrogens is 340 g/mol. The van der Waals surface area contributed by atoms with E-state index in [0.29, 0.717) is 23.9 Å². The van der Waals surface area contributed by atoms with Gasteiger partial charge in [-0.3, -0.25) is 19.8 Å². The van der Waals surface area contributed by atoms with Gasteiger partial charge < -0.3 is 10.2 Å². The van der Waals surface area contributed by atoms with Gasteiger partial charge in [0.1, 0.15) is 11.5 Å². The Morgan fingerprint density at radius 2 is 1.59 bits per heavy atom. The van der Waals surface area contributed by atoms with Crippen LogP contribution in [0.5, 0.6) is 11.5 Å². The molecule has 2 fully saturated rings. The molecule has 0 saturated carbocycles. The molecule has 4 heterocycles. The number of rotatable bonds is 5. The Labute approximate surface area is 160 Å². The lowest BCUT2D eigenvalue weighted by molar-refractivity contribution is 0.136. The van der Waals surface area contributed by atoms with Gasteiger partial charge in [0.25, 0.3) is 0 Å². The van der Waals surface area contributed by atoms with Crippen LogP contribution in [0.15, 0.2) is 30.6 Å². The van der Waals surface area contributed by atoms with Crippen LogP contribution >= 0.6 is 0 Å². The van der Waals surface area contributed by atoms with Crippen molar-refractivity contribution in [2.75, 3.05) is 26.2 Å². The van der Waals surface area contributed by atoms with Crippen molar-refractivity contribution in [1.29, 1.82) is 0 Å². The first-order valence-corrected chi connectivity index (χ1v) is 9.94. The van der Waals surface area contributed by atoms with Crippen molar-refractivity contribution in [3.8, 4) is 11.5 Å². The largest absolute Gasteiger partial charge is 0.506 e. The summed E-state index contributed by atoms with van der Waals surface area (Å²) in [6.45, 7) is 5.37. The van der Waals surface area contributed by atoms with Crippen molar-refractivity contribution in [1.82, 2.24) is 19.8 Å². The highest BCUT2D eigenvalue weighted by Gasteiger charge is 2.29. The molecule has 0 amide bonds. The molecule has 6 heteroatoms. The van der Waals surface area contributed by atoms with Crippen LogP contribution in [0.25, 0.3) is 0 Å². The maximum absolute atomic E-state index is 10.5. The fourth-order valence-electron chi connectivity index (χ4n) is 4.02. The molecule has 0 spiro atoms. The molecule has 2 saturated heterocycles. The zero-order chi connectivity index (χ0) is 18.6. The Balaban J connectivity index is 1.33. The van der Waals surface area contributed by atoms with Gasteiger partial charge in [-0.15, -0.1) is 0 Å². The monoisotopic (exact) mass is 368 g/mol. The predicted octanol–water partition coefficient (Wildman–Crippen LogP) is 2.86. The van der Waals surface area contributed by atoms with Gasteiger partial charge in [0.05, 0.1) is 11.4 Å². The highest BCUT2D eigenvalue weighted by molar-refractivity contribution is 5.33. The van der Waals surface area contributed by atoms with Crippen LogP contribution in [-0.4, -0.2) is 56.2 Å². The molecule has 0 unspecified atom stereocenters. The van der Waals surface area contributed by atoms with Gasteiger partial charge in [-0.05, 0) is 49.7 Å². The molecule has 0 atom stereocenters. The summed E-state index contributed by atoms with van der Waals surface area (Å²) in [7, 11) is 0. The molecule has 27 heavy (non-hydrogen) atoms. The van der Waals surface area contributed by atoms with Gasteiger partial charge in [-0.2, -0.15) is 0 Å². The van der Waals surface area contributed by atoms with Crippen LogP contribution in [-0.2, 0) is 13.1 Å². The van der Waals surface area contributed by atoms with E-state index in [2.05, 4.69) is 19.8 Å². The van der Waals surface area contributed by atoms with E-state index >= 15 is 0 Å². The first-order valence-electron chi connectivity index (χ1n) is 9.94. The topological polar surface area (TPSA) is 72.7 Å². The lowest BCUT2D eigenvalue weighted by Crippen LogP contribution is -2.44. The van der Waals surface area contributed by atoms with E-state index in [9.17, 15) is 10.2 Å². The number of aromatic nitrogens is 2. The maximum atomic E-state index is 10.5. The van der Waals surface area contributed by atoms with Gasteiger partial charge in [-0.1, -0.05) is 12.8 Å². The summed E-state index contributed by atoms with van der Waals surface area (Å²) in [5, 5.41) is 20.3. The summed E-state index contributed by atoms with van der Waals surface area (Å²) in [6, 6.07) is 5.30. The van der Waals surface area contributed by atoms with E-state index < -0.39 is 0 Å². The van der Waals surface area contributed by atoms with Crippen LogP contribution in [0.2, 0.25) is 0 Å². The van der Waals surface area contributed by atoms with Crippen LogP contribution in [0.4, 0.5) is 0 Å². The molecule has 6 nitrogen and oxygen atoms in total. The van der Waals surface area contributed by atoms with Crippen LogP contribution in [0.1, 0.15) is 48.6 Å². The molecule has 2 aromatic heterocycles. The highest BCUT2D eigenvalue weighted by atomic mass is 16.3. The number of likely N-dealkylation sites (tertiary alicyclic amines) is 2.